The summed E-state index contributed by atoms with van der Waals surface area (Å²) in [6, 6.07) is 12.8. The maximum absolute atomic E-state index is 4.86. The second-order valence-electron chi connectivity index (χ2n) is 7.82. The summed E-state index contributed by atoms with van der Waals surface area (Å²) in [5.41, 5.74) is 10.7. The molecule has 0 aliphatic rings. The quantitative estimate of drug-likeness (QED) is 0.426. The minimum absolute atomic E-state index is 0.575. The number of pyridine rings is 1. The number of rotatable bonds is 4. The van der Waals surface area contributed by atoms with Gasteiger partial charge < -0.3 is 10.6 Å². The number of hydrogen-bond acceptors (Lipinski definition) is 2. The van der Waals surface area contributed by atoms with Crippen molar-refractivity contribution < 1.29 is 0 Å². The van der Waals surface area contributed by atoms with Crippen molar-refractivity contribution in [2.45, 2.75) is 48.1 Å². The summed E-state index contributed by atoms with van der Waals surface area (Å²) in [4.78, 5) is 8.95. The highest BCUT2D eigenvalue weighted by Gasteiger charge is 2.11. The average molecular weight is 387 g/mol. The fourth-order valence-corrected chi connectivity index (χ4v) is 3.76. The van der Waals surface area contributed by atoms with Gasteiger partial charge in [0.2, 0.25) is 5.96 Å². The zero-order valence-corrected chi connectivity index (χ0v) is 18.2. The minimum atomic E-state index is 0.575. The molecule has 150 valence electrons. The van der Waals surface area contributed by atoms with Gasteiger partial charge in [0.25, 0.3) is 0 Å². The normalized spacial score (nSPS) is 10.6. The molecule has 0 fully saturated rings. The van der Waals surface area contributed by atoms with E-state index >= 15 is 0 Å². The molecule has 0 amide bonds. The number of nitrogens with one attached hydrogen (secondary N) is 2. The first-order valence-electron chi connectivity index (χ1n) is 9.96. The first kappa shape index (κ1) is 20.6. The lowest BCUT2D eigenvalue weighted by Gasteiger charge is -2.19. The molecule has 0 bridgehead atoms. The largest absolute Gasteiger partial charge is 0.326 e. The van der Waals surface area contributed by atoms with Crippen molar-refractivity contribution in [3.8, 4) is 0 Å². The molecule has 4 heteroatoms. The van der Waals surface area contributed by atoms with Gasteiger partial charge in [0.05, 0.1) is 6.54 Å². The van der Waals surface area contributed by atoms with Gasteiger partial charge in [-0.25, -0.2) is 4.99 Å². The van der Waals surface area contributed by atoms with Gasteiger partial charge >= 0.3 is 0 Å². The van der Waals surface area contributed by atoms with Crippen LogP contribution in [0.3, 0.4) is 0 Å². The molecule has 0 spiro atoms. The number of nitrogens with zero attached hydrogens (tertiary/aromatic N) is 2. The second kappa shape index (κ2) is 8.91. The van der Waals surface area contributed by atoms with Crippen molar-refractivity contribution >= 4 is 17.3 Å². The van der Waals surface area contributed by atoms with Crippen LogP contribution in [0.2, 0.25) is 0 Å². The van der Waals surface area contributed by atoms with E-state index in [0.717, 1.165) is 22.9 Å². The van der Waals surface area contributed by atoms with Gasteiger partial charge in [-0.1, -0.05) is 35.4 Å². The predicted octanol–water partition coefficient (Wildman–Crippen LogP) is 6.01. The van der Waals surface area contributed by atoms with Crippen molar-refractivity contribution in [3.05, 3.63) is 87.7 Å². The molecule has 1 aromatic heterocycles. The Morgan fingerprint density at radius 1 is 0.724 bits per heavy atom. The van der Waals surface area contributed by atoms with E-state index < -0.39 is 0 Å². The summed E-state index contributed by atoms with van der Waals surface area (Å²) < 4.78 is 0. The van der Waals surface area contributed by atoms with E-state index in [1.54, 1.807) is 12.4 Å². The van der Waals surface area contributed by atoms with Crippen LogP contribution in [0.25, 0.3) is 0 Å². The van der Waals surface area contributed by atoms with Crippen LogP contribution in [-0.2, 0) is 6.54 Å². The highest BCUT2D eigenvalue weighted by molar-refractivity contribution is 6.05. The zero-order valence-electron chi connectivity index (χ0n) is 18.2. The van der Waals surface area contributed by atoms with Crippen LogP contribution in [0.1, 0.15) is 38.9 Å². The Hall–Kier alpha value is -3.14. The lowest BCUT2D eigenvalue weighted by molar-refractivity contribution is 1.05. The Bertz CT molecular complexity index is 928. The summed E-state index contributed by atoms with van der Waals surface area (Å²) in [5.74, 6) is 0.743. The minimum Gasteiger partial charge on any atom is -0.326 e. The molecule has 0 aliphatic carbocycles. The monoisotopic (exact) mass is 386 g/mol. The smallest absolute Gasteiger partial charge is 0.200 e. The Morgan fingerprint density at radius 3 is 1.55 bits per heavy atom. The summed E-state index contributed by atoms with van der Waals surface area (Å²) in [5, 5.41) is 7.11. The molecule has 0 unspecified atom stereocenters. The highest BCUT2D eigenvalue weighted by atomic mass is 15.2. The first-order valence-corrected chi connectivity index (χ1v) is 9.96. The molecule has 0 saturated carbocycles. The van der Waals surface area contributed by atoms with E-state index in [9.17, 15) is 0 Å². The van der Waals surface area contributed by atoms with Crippen molar-refractivity contribution in [1.82, 2.24) is 4.98 Å². The van der Waals surface area contributed by atoms with Crippen LogP contribution in [0, 0.1) is 41.5 Å². The van der Waals surface area contributed by atoms with Crippen LogP contribution >= 0.6 is 0 Å². The van der Waals surface area contributed by atoms with Crippen molar-refractivity contribution in [1.29, 1.82) is 0 Å². The van der Waals surface area contributed by atoms with E-state index in [0.29, 0.717) is 6.54 Å². The number of aliphatic imine (C=N–C) groups is 1. The van der Waals surface area contributed by atoms with Gasteiger partial charge in [0.15, 0.2) is 0 Å². The Kier molecular flexibility index (Phi) is 6.32. The number of aromatic nitrogens is 1. The topological polar surface area (TPSA) is 49.3 Å². The van der Waals surface area contributed by atoms with Gasteiger partial charge in [0, 0.05) is 23.8 Å². The number of anilines is 2. The van der Waals surface area contributed by atoms with Crippen molar-refractivity contribution in [2.24, 2.45) is 4.99 Å². The summed E-state index contributed by atoms with van der Waals surface area (Å²) in [7, 11) is 0. The number of aryl methyl sites for hydroxylation is 6. The molecular weight excluding hydrogens is 356 g/mol. The van der Waals surface area contributed by atoms with E-state index in [1.165, 1.54) is 33.4 Å². The van der Waals surface area contributed by atoms with Gasteiger partial charge in [0.1, 0.15) is 0 Å². The van der Waals surface area contributed by atoms with Crippen molar-refractivity contribution in [2.75, 3.05) is 10.6 Å². The Balaban J connectivity index is 1.96. The van der Waals surface area contributed by atoms with Crippen LogP contribution in [0.5, 0.6) is 0 Å². The standard InChI is InChI=1S/C25H30N4/c1-16-11-18(3)23(19(4)12-16)28-25(27-15-22-7-9-26-10-8-22)29-24-20(5)13-17(2)14-21(24)6/h7-14H,15H2,1-6H3,(H2,27,28,29). The van der Waals surface area contributed by atoms with E-state index in [1.807, 2.05) is 12.1 Å². The number of hydrogen-bond donors (Lipinski definition) is 2. The summed E-state index contributed by atoms with van der Waals surface area (Å²) >= 11 is 0. The van der Waals surface area contributed by atoms with Crippen LogP contribution in [-0.4, -0.2) is 10.9 Å². The van der Waals surface area contributed by atoms with E-state index in [4.69, 9.17) is 4.99 Å². The van der Waals surface area contributed by atoms with Crippen LogP contribution < -0.4 is 10.6 Å². The van der Waals surface area contributed by atoms with Gasteiger partial charge in [-0.2, -0.15) is 0 Å². The van der Waals surface area contributed by atoms with Gasteiger partial charge in [-0.15, -0.1) is 0 Å². The molecule has 3 aromatic rings. The summed E-state index contributed by atoms with van der Waals surface area (Å²) in [6.45, 7) is 13.3. The molecular formula is C25H30N4. The van der Waals surface area contributed by atoms with Crippen LogP contribution in [0.15, 0.2) is 53.8 Å². The third-order valence-electron chi connectivity index (χ3n) is 5.01. The zero-order chi connectivity index (χ0) is 21.0. The molecule has 1 heterocycles. The molecule has 0 atom stereocenters. The predicted molar refractivity (Wildman–Crippen MR) is 124 cm³/mol. The second-order valence-corrected chi connectivity index (χ2v) is 7.82. The molecule has 3 rings (SSSR count). The lowest BCUT2D eigenvalue weighted by atomic mass is 10.0. The SMILES string of the molecule is Cc1cc(C)c(NC(=NCc2ccncc2)Nc2c(C)cc(C)cc2C)c(C)c1. The van der Waals surface area contributed by atoms with Gasteiger partial charge in [-0.3, -0.25) is 4.98 Å². The third kappa shape index (κ3) is 5.23. The Morgan fingerprint density at radius 2 is 1.14 bits per heavy atom. The first-order chi connectivity index (χ1) is 13.8. The third-order valence-corrected chi connectivity index (χ3v) is 5.01. The van der Waals surface area contributed by atoms with E-state index in [-0.39, 0.29) is 0 Å². The van der Waals surface area contributed by atoms with Gasteiger partial charge in [-0.05, 0) is 81.5 Å². The average Bonchev–Trinajstić information content (AvgIpc) is 2.65. The molecule has 2 N–H and O–H groups in total. The lowest BCUT2D eigenvalue weighted by Crippen LogP contribution is -2.24. The van der Waals surface area contributed by atoms with Crippen molar-refractivity contribution in [3.63, 3.8) is 0 Å². The molecule has 0 saturated heterocycles. The summed E-state index contributed by atoms with van der Waals surface area (Å²) in [6.07, 6.45) is 3.60. The fourth-order valence-electron chi connectivity index (χ4n) is 3.76. The molecule has 29 heavy (non-hydrogen) atoms. The Labute approximate surface area is 174 Å². The molecule has 0 radical (unpaired) electrons. The maximum atomic E-state index is 4.86. The van der Waals surface area contributed by atoms with E-state index in [2.05, 4.69) is 81.4 Å². The highest BCUT2D eigenvalue weighted by Crippen LogP contribution is 2.25. The maximum Gasteiger partial charge on any atom is 0.200 e. The molecule has 0 aliphatic heterocycles. The molecule has 2 aromatic carbocycles. The van der Waals surface area contributed by atoms with Crippen LogP contribution in [0.4, 0.5) is 11.4 Å². The molecule has 4 nitrogen and oxygen atoms in total. The number of guanidine groups is 1. The fraction of sp³-hybridized carbons (Fsp3) is 0.280. The number of benzene rings is 2.